The van der Waals surface area contributed by atoms with E-state index in [1.807, 2.05) is 27.7 Å². The summed E-state index contributed by atoms with van der Waals surface area (Å²) >= 11 is 0. The molecule has 12 nitrogen and oxygen atoms in total. The van der Waals surface area contributed by atoms with Gasteiger partial charge in [-0.25, -0.2) is 0 Å². The molecular weight excluding hydrogens is 622 g/mol. The van der Waals surface area contributed by atoms with Gasteiger partial charge in [-0.05, 0) is 83.0 Å². The monoisotopic (exact) mass is 679 g/mol. The van der Waals surface area contributed by atoms with Crippen LogP contribution in [0.25, 0.3) is 0 Å². The number of aliphatic hydroxyl groups is 6. The number of hydrogen-bond donors (Lipinski definition) is 7. The number of allylic oxidation sites excluding steroid dienone is 2. The lowest BCUT2D eigenvalue weighted by Crippen LogP contribution is -2.66. The predicted octanol–water partition coefficient (Wildman–Crippen LogP) is 0.943. The highest BCUT2D eigenvalue weighted by Crippen LogP contribution is 2.74. The normalized spacial score (nSPS) is 47.0. The molecule has 5 rings (SSSR count). The number of carbonyl (C=O) groups is 3. The minimum atomic E-state index is -2.05. The van der Waals surface area contributed by atoms with Crippen LogP contribution in [0.3, 0.4) is 0 Å². The lowest BCUT2D eigenvalue weighted by Gasteiger charge is -2.64. The molecule has 8 N–H and O–H groups in total. The smallest absolute Gasteiger partial charge is 0.186 e. The Morgan fingerprint density at radius 3 is 2.23 bits per heavy atom. The van der Waals surface area contributed by atoms with Crippen LogP contribution < -0.4 is 5.73 Å². The van der Waals surface area contributed by atoms with Gasteiger partial charge in [0.25, 0.3) is 0 Å². The maximum Gasteiger partial charge on any atom is 0.186 e. The van der Waals surface area contributed by atoms with E-state index < -0.39 is 94.0 Å². The van der Waals surface area contributed by atoms with E-state index in [4.69, 9.17) is 15.2 Å². The summed E-state index contributed by atoms with van der Waals surface area (Å²) in [4.78, 5) is 41.9. The molecule has 0 aromatic rings. The second kappa shape index (κ2) is 12.0. The second-order valence-corrected chi connectivity index (χ2v) is 17.5. The maximum absolute atomic E-state index is 14.8. The Balaban J connectivity index is 1.61. The molecule has 0 aromatic heterocycles. The zero-order valence-corrected chi connectivity index (χ0v) is 29.6. The van der Waals surface area contributed by atoms with Crippen LogP contribution in [-0.4, -0.2) is 109 Å². The van der Waals surface area contributed by atoms with Gasteiger partial charge < -0.3 is 45.8 Å². The third-order valence-corrected chi connectivity index (χ3v) is 13.7. The summed E-state index contributed by atoms with van der Waals surface area (Å²) < 4.78 is 12.2. The Kier molecular flexibility index (Phi) is 9.40. The van der Waals surface area contributed by atoms with Crippen molar-refractivity contribution in [2.45, 2.75) is 148 Å². The Bertz CT molecular complexity index is 1350. The molecule has 48 heavy (non-hydrogen) atoms. The molecule has 1 unspecified atom stereocenters. The number of aliphatic hydroxyl groups excluding tert-OH is 4. The highest BCUT2D eigenvalue weighted by molar-refractivity contribution is 5.95. The number of hydrogen-bond acceptors (Lipinski definition) is 12. The van der Waals surface area contributed by atoms with Gasteiger partial charge in [-0.1, -0.05) is 32.4 Å². The summed E-state index contributed by atoms with van der Waals surface area (Å²) in [5, 5.41) is 64.4. The molecule has 4 aliphatic carbocycles. The highest BCUT2D eigenvalue weighted by atomic mass is 16.7. The Hall–Kier alpha value is -1.61. The van der Waals surface area contributed by atoms with E-state index in [1.54, 1.807) is 13.8 Å². The largest absolute Gasteiger partial charge is 0.394 e. The van der Waals surface area contributed by atoms with E-state index in [9.17, 15) is 45.0 Å². The molecule has 0 radical (unpaired) electrons. The molecule has 0 spiro atoms. The van der Waals surface area contributed by atoms with Crippen LogP contribution in [0.15, 0.2) is 11.6 Å². The first-order chi connectivity index (χ1) is 21.9. The highest BCUT2D eigenvalue weighted by Gasteiger charge is 2.75. The first-order valence-corrected chi connectivity index (χ1v) is 17.4. The van der Waals surface area contributed by atoms with Gasteiger partial charge in [0.1, 0.15) is 35.8 Å². The van der Waals surface area contributed by atoms with E-state index in [2.05, 4.69) is 13.0 Å². The number of carbonyl (C=O) groups excluding carboxylic acids is 3. The fourth-order valence-electron chi connectivity index (χ4n) is 10.8. The number of ketones is 3. The fraction of sp³-hybridized carbons (Fsp3) is 0.861. The van der Waals surface area contributed by atoms with Crippen molar-refractivity contribution >= 4 is 17.3 Å². The number of nitrogens with two attached hydrogens (primary N) is 1. The van der Waals surface area contributed by atoms with Crippen molar-refractivity contribution in [1.29, 1.82) is 0 Å². The minimum Gasteiger partial charge on any atom is -0.394 e. The van der Waals surface area contributed by atoms with Crippen LogP contribution in [0.5, 0.6) is 0 Å². The van der Waals surface area contributed by atoms with Gasteiger partial charge in [-0.2, -0.15) is 0 Å². The topological polar surface area (TPSA) is 217 Å². The van der Waals surface area contributed by atoms with Gasteiger partial charge in [0.05, 0.1) is 24.4 Å². The number of ether oxygens (including phenoxy) is 2. The number of Topliss-reactive ketones (excluding diaryl/α,β-unsaturated/α-hetero) is 3. The van der Waals surface area contributed by atoms with Crippen LogP contribution in [0.4, 0.5) is 0 Å². The Morgan fingerprint density at radius 2 is 1.65 bits per heavy atom. The zero-order valence-electron chi connectivity index (χ0n) is 29.6. The third kappa shape index (κ3) is 5.40. The molecule has 0 bridgehead atoms. The average molecular weight is 680 g/mol. The molecule has 1 aliphatic heterocycles. The van der Waals surface area contributed by atoms with Crippen molar-refractivity contribution in [2.75, 3.05) is 6.61 Å². The second-order valence-electron chi connectivity index (χ2n) is 17.5. The summed E-state index contributed by atoms with van der Waals surface area (Å²) in [7, 11) is 0. The average Bonchev–Trinajstić information content (AvgIpc) is 3.21. The van der Waals surface area contributed by atoms with Crippen molar-refractivity contribution in [3.63, 3.8) is 0 Å². The van der Waals surface area contributed by atoms with Gasteiger partial charge in [-0.15, -0.1) is 0 Å². The molecule has 272 valence electrons. The molecule has 1 heterocycles. The molecule has 5 aliphatic rings. The fourth-order valence-corrected chi connectivity index (χ4v) is 10.8. The standard InChI is InChI=1S/C36H57NO11/c1-31(2,45)12-11-23(39)36(8,46)28-20(47-30-27(43)26(42)25(41)21(16-38)48-30)14-33(5)22-10-9-17-18(13-19(37)29(44)32(17,3)4)35(22,7)24(40)15-34(28,33)6/h9,18-22,25-28,30,38,41-43,45-46H,10-16,37H2,1-8H3/t18-,19+,20-,21-,22+,25-,26+,27-,28?,30+,33+,34-,35+,36+/m1/s1. The first-order valence-electron chi connectivity index (χ1n) is 17.4. The van der Waals surface area contributed by atoms with Crippen molar-refractivity contribution < 1.29 is 54.5 Å². The molecule has 3 saturated carbocycles. The summed E-state index contributed by atoms with van der Waals surface area (Å²) in [5.41, 5.74) is 0.616. The zero-order chi connectivity index (χ0) is 36.2. The quantitative estimate of drug-likeness (QED) is 0.179. The van der Waals surface area contributed by atoms with Gasteiger partial charge in [-0.3, -0.25) is 14.4 Å². The summed E-state index contributed by atoms with van der Waals surface area (Å²) in [6, 6.07) is -0.723. The minimum absolute atomic E-state index is 0.00196. The summed E-state index contributed by atoms with van der Waals surface area (Å²) in [6.45, 7) is 13.6. The molecule has 4 fully saturated rings. The van der Waals surface area contributed by atoms with Crippen molar-refractivity contribution in [2.24, 2.45) is 45.1 Å². The molecule has 1 saturated heterocycles. The van der Waals surface area contributed by atoms with Gasteiger partial charge in [0.2, 0.25) is 0 Å². The van der Waals surface area contributed by atoms with E-state index in [-0.39, 0.29) is 49.1 Å². The van der Waals surface area contributed by atoms with E-state index in [0.29, 0.717) is 12.8 Å². The maximum atomic E-state index is 14.8. The van der Waals surface area contributed by atoms with Gasteiger partial charge in [0.15, 0.2) is 17.9 Å². The number of rotatable bonds is 8. The first kappa shape index (κ1) is 37.6. The van der Waals surface area contributed by atoms with Crippen molar-refractivity contribution in [3.8, 4) is 0 Å². The third-order valence-electron chi connectivity index (χ3n) is 13.7. The van der Waals surface area contributed by atoms with Crippen molar-refractivity contribution in [3.05, 3.63) is 11.6 Å². The molecule has 0 amide bonds. The van der Waals surface area contributed by atoms with Crippen LogP contribution in [0.1, 0.15) is 93.9 Å². The summed E-state index contributed by atoms with van der Waals surface area (Å²) in [5.74, 6) is -2.21. The molecular formula is C36H57NO11. The lowest BCUT2D eigenvalue weighted by molar-refractivity contribution is -0.317. The van der Waals surface area contributed by atoms with Crippen LogP contribution >= 0.6 is 0 Å². The molecule has 0 aromatic carbocycles. The predicted molar refractivity (Wildman–Crippen MR) is 173 cm³/mol. The summed E-state index contributed by atoms with van der Waals surface area (Å²) in [6.07, 6.45) is -5.66. The van der Waals surface area contributed by atoms with Crippen LogP contribution in [0.2, 0.25) is 0 Å². The van der Waals surface area contributed by atoms with Crippen LogP contribution in [-0.2, 0) is 23.9 Å². The van der Waals surface area contributed by atoms with E-state index in [1.165, 1.54) is 6.92 Å². The van der Waals surface area contributed by atoms with Gasteiger partial charge >= 0.3 is 0 Å². The van der Waals surface area contributed by atoms with E-state index in [0.717, 1.165) is 5.57 Å². The van der Waals surface area contributed by atoms with Crippen molar-refractivity contribution in [1.82, 2.24) is 0 Å². The molecule has 12 heteroatoms. The SMILES string of the molecule is CC(C)(O)CCC(=O)[C@](C)(O)C1[C@H](O[C@H]2O[C@H](CO)[C@@H](O)[C@H](O)[C@H]2O)C[C@@]2(C)[C@@H]3CC=C4[C@@H](C[C@H](N)C(=O)C4(C)C)[C@]3(C)C(=O)C[C@]12C. The lowest BCUT2D eigenvalue weighted by atomic mass is 9.38. The number of fused-ring (bicyclic) bond motifs is 5. The van der Waals surface area contributed by atoms with Gasteiger partial charge in [0, 0.05) is 29.6 Å². The Morgan fingerprint density at radius 1 is 1.02 bits per heavy atom. The molecule has 14 atom stereocenters. The van der Waals surface area contributed by atoms with E-state index >= 15 is 0 Å². The van der Waals surface area contributed by atoms with Crippen LogP contribution in [0, 0.1) is 39.4 Å². The Labute approximate surface area is 283 Å².